The molecule has 2 aliphatic rings. The van der Waals surface area contributed by atoms with Crippen LogP contribution in [-0.2, 0) is 20.8 Å². The number of nitrogens with one attached hydrogen (secondary N) is 4. The van der Waals surface area contributed by atoms with Crippen LogP contribution in [0.25, 0.3) is 17.0 Å². The average Bonchev–Trinajstić information content (AvgIpc) is 3.38. The smallest absolute Gasteiger partial charge is 0.247 e. The minimum atomic E-state index is -1.06. The first kappa shape index (κ1) is 30.8. The zero-order chi connectivity index (χ0) is 30.4. The highest BCUT2D eigenvalue weighted by Gasteiger charge is 2.38. The van der Waals surface area contributed by atoms with Gasteiger partial charge in [-0.2, -0.15) is 0 Å². The quantitative estimate of drug-likeness (QED) is 0.327. The number of H-pyrrole nitrogens is 1. The maximum atomic E-state index is 14.0. The molecule has 2 aromatic carbocycles. The number of rotatable bonds is 8. The molecule has 3 amide bonds. The Morgan fingerprint density at radius 1 is 1.02 bits per heavy atom. The van der Waals surface area contributed by atoms with Gasteiger partial charge >= 0.3 is 0 Å². The third kappa shape index (κ3) is 7.20. The van der Waals surface area contributed by atoms with Crippen LogP contribution in [0.4, 0.5) is 0 Å². The normalized spacial score (nSPS) is 21.0. The van der Waals surface area contributed by atoms with Crippen molar-refractivity contribution in [2.24, 2.45) is 11.8 Å². The summed E-state index contributed by atoms with van der Waals surface area (Å²) in [6.45, 7) is 7.79. The molecule has 224 valence electrons. The molecular weight excluding hydrogens is 530 g/mol. The zero-order valence-electron chi connectivity index (χ0n) is 25.3. The van der Waals surface area contributed by atoms with E-state index in [0.717, 1.165) is 22.0 Å². The van der Waals surface area contributed by atoms with Crippen LogP contribution in [0.2, 0.25) is 0 Å². The summed E-state index contributed by atoms with van der Waals surface area (Å²) in [5.74, 6) is -0.787. The molecule has 3 heterocycles. The summed E-state index contributed by atoms with van der Waals surface area (Å²) in [7, 11) is 3.70. The number of nitrogens with zero attached hydrogens (tertiary/aromatic N) is 1. The van der Waals surface area contributed by atoms with Gasteiger partial charge in [-0.3, -0.25) is 19.3 Å². The molecule has 5 rings (SSSR count). The molecule has 9 nitrogen and oxygen atoms in total. The Hall–Kier alpha value is -4.11. The predicted molar refractivity (Wildman–Crippen MR) is 166 cm³/mol. The number of hydrogen-bond acceptors (Lipinski definition) is 5. The van der Waals surface area contributed by atoms with E-state index in [1.165, 1.54) is 0 Å². The molecule has 0 radical (unpaired) electrons. The van der Waals surface area contributed by atoms with E-state index in [9.17, 15) is 14.4 Å². The zero-order valence-corrected chi connectivity index (χ0v) is 25.3. The fourth-order valence-electron chi connectivity index (χ4n) is 5.22. The van der Waals surface area contributed by atoms with Crippen LogP contribution in [0, 0.1) is 11.8 Å². The molecule has 0 fully saturated rings. The summed E-state index contributed by atoms with van der Waals surface area (Å²) in [6.07, 6.45) is 5.72. The maximum Gasteiger partial charge on any atom is 0.247 e. The van der Waals surface area contributed by atoms with Crippen LogP contribution in [0.5, 0.6) is 5.75 Å². The van der Waals surface area contributed by atoms with Crippen LogP contribution in [0.1, 0.15) is 45.2 Å². The van der Waals surface area contributed by atoms with Crippen LogP contribution in [-0.4, -0.2) is 65.9 Å². The molecule has 2 bridgehead atoms. The Morgan fingerprint density at radius 2 is 1.74 bits per heavy atom. The lowest BCUT2D eigenvalue weighted by Gasteiger charge is -2.34. The summed E-state index contributed by atoms with van der Waals surface area (Å²) in [6, 6.07) is 13.0. The third-order valence-corrected chi connectivity index (χ3v) is 8.03. The van der Waals surface area contributed by atoms with Gasteiger partial charge in [-0.05, 0) is 67.8 Å². The van der Waals surface area contributed by atoms with Gasteiger partial charge in [0.1, 0.15) is 23.9 Å². The molecule has 0 aliphatic carbocycles. The number of likely N-dealkylation sites (N-methyl/N-ethyl adjacent to an activating group) is 1. The fraction of sp³-hybridized carbons (Fsp3) is 0.424. The van der Waals surface area contributed by atoms with Crippen LogP contribution in [0.3, 0.4) is 0 Å². The molecule has 0 saturated carbocycles. The molecule has 2 aliphatic heterocycles. The lowest BCUT2D eigenvalue weighted by atomic mass is 9.94. The number of aromatic amines is 1. The molecule has 0 spiro atoms. The second-order valence-corrected chi connectivity index (χ2v) is 11.6. The van der Waals surface area contributed by atoms with E-state index in [1.54, 1.807) is 12.3 Å². The molecule has 4 N–H and O–H groups in total. The van der Waals surface area contributed by atoms with Gasteiger partial charge in [0.15, 0.2) is 0 Å². The number of carbonyl (C=O) groups excluding carboxylic acids is 3. The van der Waals surface area contributed by atoms with Gasteiger partial charge in [0.25, 0.3) is 0 Å². The number of hydrogen-bond donors (Lipinski definition) is 4. The molecule has 5 atom stereocenters. The van der Waals surface area contributed by atoms with E-state index in [1.807, 2.05) is 101 Å². The Bertz CT molecular complexity index is 1410. The van der Waals surface area contributed by atoms with Gasteiger partial charge in [0.2, 0.25) is 17.7 Å². The summed E-state index contributed by atoms with van der Waals surface area (Å²) >= 11 is 0. The Balaban J connectivity index is 1.69. The standard InChI is InChI=1S/C33H43N5O4/c1-7-21(4)28-32(40)34-17-16-22-12-14-24(15-13-22)42-30(20(2)3)29(33(41)36-28)37-31(39)27(38(5)6)18-23-19-35-26-11-9-8-10-25(23)26/h8-17,19-21,27-30,35H,7,18H2,1-6H3,(H,34,40)(H,36,41)(H,37,39)/t21-,27+,28+,29+,30-/m1/s1. The number of ether oxygens (including phenoxy) is 1. The fourth-order valence-corrected chi connectivity index (χ4v) is 5.22. The number of benzene rings is 2. The first-order valence-electron chi connectivity index (χ1n) is 14.6. The monoisotopic (exact) mass is 573 g/mol. The minimum Gasteiger partial charge on any atom is -0.487 e. The highest BCUT2D eigenvalue weighted by Crippen LogP contribution is 2.23. The third-order valence-electron chi connectivity index (χ3n) is 8.03. The second-order valence-electron chi connectivity index (χ2n) is 11.6. The van der Waals surface area contributed by atoms with Crippen LogP contribution in [0.15, 0.2) is 60.9 Å². The van der Waals surface area contributed by atoms with Crippen LogP contribution < -0.4 is 20.7 Å². The van der Waals surface area contributed by atoms with E-state index in [2.05, 4.69) is 20.9 Å². The van der Waals surface area contributed by atoms with Gasteiger partial charge in [0, 0.05) is 23.3 Å². The van der Waals surface area contributed by atoms with Crippen molar-refractivity contribution in [1.29, 1.82) is 0 Å². The number of fused-ring (bicyclic) bond motifs is 11. The van der Waals surface area contributed by atoms with E-state index in [0.29, 0.717) is 18.6 Å². The molecular formula is C33H43N5O4. The number of aromatic nitrogens is 1. The maximum absolute atomic E-state index is 14.0. The average molecular weight is 574 g/mol. The molecule has 0 unspecified atom stereocenters. The molecule has 0 saturated heterocycles. The topological polar surface area (TPSA) is 116 Å². The summed E-state index contributed by atoms with van der Waals surface area (Å²) in [4.78, 5) is 46.3. The molecule has 42 heavy (non-hydrogen) atoms. The van der Waals surface area contributed by atoms with Crippen molar-refractivity contribution in [2.75, 3.05) is 14.1 Å². The van der Waals surface area contributed by atoms with E-state index < -0.39 is 30.1 Å². The molecule has 3 aromatic rings. The van der Waals surface area contributed by atoms with Gasteiger partial charge in [-0.15, -0.1) is 0 Å². The lowest BCUT2D eigenvalue weighted by Crippen LogP contribution is -2.62. The summed E-state index contributed by atoms with van der Waals surface area (Å²) in [5, 5.41) is 9.84. The predicted octanol–water partition coefficient (Wildman–Crippen LogP) is 3.86. The van der Waals surface area contributed by atoms with E-state index in [-0.39, 0.29) is 23.7 Å². The Labute approximate surface area is 248 Å². The highest BCUT2D eigenvalue weighted by atomic mass is 16.5. The van der Waals surface area contributed by atoms with Gasteiger partial charge < -0.3 is 25.7 Å². The number of amides is 3. The van der Waals surface area contributed by atoms with Gasteiger partial charge in [0.05, 0.1) is 6.04 Å². The largest absolute Gasteiger partial charge is 0.487 e. The van der Waals surface area contributed by atoms with Crippen molar-refractivity contribution >= 4 is 34.7 Å². The Morgan fingerprint density at radius 3 is 2.40 bits per heavy atom. The van der Waals surface area contributed by atoms with Crippen molar-refractivity contribution in [1.82, 2.24) is 25.8 Å². The number of para-hydroxylation sites is 1. The number of carbonyl (C=O) groups is 3. The van der Waals surface area contributed by atoms with Gasteiger partial charge in [-0.1, -0.05) is 64.4 Å². The molecule has 9 heteroatoms. The second kappa shape index (κ2) is 13.7. The van der Waals surface area contributed by atoms with Crippen molar-refractivity contribution in [2.45, 2.75) is 64.8 Å². The van der Waals surface area contributed by atoms with E-state index >= 15 is 0 Å². The lowest BCUT2D eigenvalue weighted by molar-refractivity contribution is -0.136. The Kier molecular flexibility index (Phi) is 10.1. The highest BCUT2D eigenvalue weighted by molar-refractivity contribution is 5.94. The minimum absolute atomic E-state index is 0.139. The van der Waals surface area contributed by atoms with E-state index in [4.69, 9.17) is 4.74 Å². The van der Waals surface area contributed by atoms with Crippen molar-refractivity contribution < 1.29 is 19.1 Å². The summed E-state index contributed by atoms with van der Waals surface area (Å²) < 4.78 is 6.39. The first-order valence-corrected chi connectivity index (χ1v) is 14.6. The van der Waals surface area contributed by atoms with Crippen molar-refractivity contribution in [3.8, 4) is 5.75 Å². The molecule has 1 aromatic heterocycles. The van der Waals surface area contributed by atoms with Crippen molar-refractivity contribution in [3.05, 3.63) is 72.1 Å². The summed E-state index contributed by atoms with van der Waals surface area (Å²) in [5.41, 5.74) is 2.90. The van der Waals surface area contributed by atoms with Crippen molar-refractivity contribution in [3.63, 3.8) is 0 Å². The van der Waals surface area contributed by atoms with Crippen LogP contribution >= 0.6 is 0 Å². The van der Waals surface area contributed by atoms with Gasteiger partial charge in [-0.25, -0.2) is 0 Å². The first-order chi connectivity index (χ1) is 20.1. The SMILES string of the molecule is CC[C@@H](C)[C@@H]1NC(=O)[C@@H](NC(=O)[C@H](Cc2c[nH]c3ccccc23)N(C)C)[C@@H](C(C)C)Oc2ccc(cc2)C=CNC1=O.